The van der Waals surface area contributed by atoms with Crippen LogP contribution in [0.2, 0.25) is 0 Å². The Kier molecular flexibility index (Phi) is 9.14. The standard InChI is InChI=1S/C25H34N2O4S/c1-4-6-9-19(28)16-26(5-2)17-25(29)27-14-12-24-20(13-15-32-24)21(27)18-31-23-11-8-7-10-22(23)30-3/h4,7-8,10-11,13,15,19,21,28H,1,5-6,9,12,14,16-18H2,2-3H3. The molecule has 0 spiro atoms. The Morgan fingerprint density at radius 3 is 2.88 bits per heavy atom. The van der Waals surface area contributed by atoms with Crippen molar-refractivity contribution in [2.24, 2.45) is 0 Å². The van der Waals surface area contributed by atoms with Crippen LogP contribution in [0.25, 0.3) is 0 Å². The minimum absolute atomic E-state index is 0.0632. The Bertz CT molecular complexity index is 884. The molecule has 0 radical (unpaired) electrons. The summed E-state index contributed by atoms with van der Waals surface area (Å²) in [6.45, 7) is 8.23. The number of nitrogens with zero attached hydrogens (tertiary/aromatic N) is 2. The topological polar surface area (TPSA) is 62.2 Å². The average Bonchev–Trinajstić information content (AvgIpc) is 3.30. The molecule has 0 saturated carbocycles. The molecule has 2 atom stereocenters. The van der Waals surface area contributed by atoms with Gasteiger partial charge in [-0.2, -0.15) is 0 Å². The molecule has 0 fully saturated rings. The number of hydrogen-bond donors (Lipinski definition) is 1. The maximum absolute atomic E-state index is 13.3. The molecule has 2 heterocycles. The van der Waals surface area contributed by atoms with Crippen LogP contribution in [0.3, 0.4) is 0 Å². The SMILES string of the molecule is C=CCCC(O)CN(CC)CC(=O)N1CCc2sccc2C1COc1ccccc1OC. The van der Waals surface area contributed by atoms with E-state index in [-0.39, 0.29) is 18.5 Å². The molecular formula is C25H34N2O4S. The van der Waals surface area contributed by atoms with E-state index in [1.807, 2.05) is 47.1 Å². The summed E-state index contributed by atoms with van der Waals surface area (Å²) in [6.07, 6.45) is 3.63. The monoisotopic (exact) mass is 458 g/mol. The van der Waals surface area contributed by atoms with Gasteiger partial charge in [0.2, 0.25) is 5.91 Å². The lowest BCUT2D eigenvalue weighted by molar-refractivity contribution is -0.136. The van der Waals surface area contributed by atoms with Gasteiger partial charge in [0, 0.05) is 18.0 Å². The lowest BCUT2D eigenvalue weighted by atomic mass is 10.0. The van der Waals surface area contributed by atoms with E-state index in [0.717, 1.165) is 12.8 Å². The Morgan fingerprint density at radius 1 is 1.38 bits per heavy atom. The number of para-hydroxylation sites is 2. The first-order chi connectivity index (χ1) is 15.6. The molecule has 1 aromatic heterocycles. The summed E-state index contributed by atoms with van der Waals surface area (Å²) in [5.74, 6) is 1.41. The first kappa shape index (κ1) is 24.3. The van der Waals surface area contributed by atoms with Crippen molar-refractivity contribution in [3.63, 3.8) is 0 Å². The maximum atomic E-state index is 13.3. The number of likely N-dealkylation sites (N-methyl/N-ethyl adjacent to an activating group) is 1. The largest absolute Gasteiger partial charge is 0.493 e. The van der Waals surface area contributed by atoms with Crippen molar-refractivity contribution in [3.05, 3.63) is 58.8 Å². The second-order valence-corrected chi connectivity index (χ2v) is 8.96. The molecule has 2 unspecified atom stereocenters. The minimum Gasteiger partial charge on any atom is -0.493 e. The summed E-state index contributed by atoms with van der Waals surface area (Å²) in [7, 11) is 1.62. The summed E-state index contributed by atoms with van der Waals surface area (Å²) < 4.78 is 11.5. The zero-order valence-corrected chi connectivity index (χ0v) is 19.9. The maximum Gasteiger partial charge on any atom is 0.237 e. The van der Waals surface area contributed by atoms with Crippen molar-refractivity contribution in [3.8, 4) is 11.5 Å². The second-order valence-electron chi connectivity index (χ2n) is 7.96. The first-order valence-corrected chi connectivity index (χ1v) is 12.1. The highest BCUT2D eigenvalue weighted by Gasteiger charge is 2.33. The minimum atomic E-state index is -0.463. The Hall–Kier alpha value is -2.35. The van der Waals surface area contributed by atoms with Crippen molar-refractivity contribution in [1.29, 1.82) is 0 Å². The van der Waals surface area contributed by atoms with Gasteiger partial charge >= 0.3 is 0 Å². The van der Waals surface area contributed by atoms with Crippen LogP contribution in [0.5, 0.6) is 11.5 Å². The van der Waals surface area contributed by atoms with E-state index in [1.165, 1.54) is 10.4 Å². The average molecular weight is 459 g/mol. The van der Waals surface area contributed by atoms with Gasteiger partial charge in [0.25, 0.3) is 0 Å². The van der Waals surface area contributed by atoms with Crippen LogP contribution in [0.4, 0.5) is 0 Å². The first-order valence-electron chi connectivity index (χ1n) is 11.2. The number of allylic oxidation sites excluding steroid dienone is 1. The Morgan fingerprint density at radius 2 is 2.16 bits per heavy atom. The van der Waals surface area contributed by atoms with E-state index >= 15 is 0 Å². The van der Waals surface area contributed by atoms with Crippen molar-refractivity contribution in [2.45, 2.75) is 38.3 Å². The highest BCUT2D eigenvalue weighted by atomic mass is 32.1. The van der Waals surface area contributed by atoms with Crippen LogP contribution in [0.1, 0.15) is 36.2 Å². The van der Waals surface area contributed by atoms with E-state index in [1.54, 1.807) is 18.4 Å². The van der Waals surface area contributed by atoms with Gasteiger partial charge in [0.15, 0.2) is 11.5 Å². The smallest absolute Gasteiger partial charge is 0.237 e. The van der Waals surface area contributed by atoms with E-state index in [0.29, 0.717) is 44.2 Å². The number of aliphatic hydroxyl groups is 1. The normalized spacial score (nSPS) is 16.5. The summed E-state index contributed by atoms with van der Waals surface area (Å²) in [6, 6.07) is 9.52. The third kappa shape index (κ3) is 6.12. The van der Waals surface area contributed by atoms with Crippen LogP contribution >= 0.6 is 11.3 Å². The predicted octanol–water partition coefficient (Wildman–Crippen LogP) is 3.91. The number of aliphatic hydroxyl groups excluding tert-OH is 1. The van der Waals surface area contributed by atoms with Gasteiger partial charge in [-0.15, -0.1) is 17.9 Å². The predicted molar refractivity (Wildman–Crippen MR) is 129 cm³/mol. The van der Waals surface area contributed by atoms with Crippen LogP contribution in [0.15, 0.2) is 48.4 Å². The number of fused-ring (bicyclic) bond motifs is 1. The van der Waals surface area contributed by atoms with Crippen LogP contribution in [-0.2, 0) is 11.2 Å². The highest BCUT2D eigenvalue weighted by molar-refractivity contribution is 7.10. The molecule has 0 bridgehead atoms. The molecular weight excluding hydrogens is 424 g/mol. The molecule has 7 heteroatoms. The van der Waals surface area contributed by atoms with Gasteiger partial charge in [-0.3, -0.25) is 9.69 Å². The Balaban J connectivity index is 1.70. The van der Waals surface area contributed by atoms with Crippen molar-refractivity contribution in [1.82, 2.24) is 9.80 Å². The molecule has 1 amide bonds. The van der Waals surface area contributed by atoms with Gasteiger partial charge in [-0.25, -0.2) is 0 Å². The molecule has 0 aliphatic carbocycles. The van der Waals surface area contributed by atoms with Crippen molar-refractivity contribution < 1.29 is 19.4 Å². The molecule has 1 aliphatic rings. The number of benzene rings is 1. The number of ether oxygens (including phenoxy) is 2. The van der Waals surface area contributed by atoms with E-state index in [4.69, 9.17) is 9.47 Å². The van der Waals surface area contributed by atoms with Crippen LogP contribution < -0.4 is 9.47 Å². The van der Waals surface area contributed by atoms with Gasteiger partial charge in [-0.1, -0.05) is 25.1 Å². The summed E-state index contributed by atoms with van der Waals surface area (Å²) in [4.78, 5) is 18.6. The zero-order chi connectivity index (χ0) is 22.9. The van der Waals surface area contributed by atoms with Gasteiger partial charge < -0.3 is 19.5 Å². The molecule has 32 heavy (non-hydrogen) atoms. The highest BCUT2D eigenvalue weighted by Crippen LogP contribution is 2.35. The molecule has 2 aromatic rings. The number of methoxy groups -OCH3 is 1. The number of hydrogen-bond acceptors (Lipinski definition) is 6. The fourth-order valence-corrected chi connectivity index (χ4v) is 5.00. The van der Waals surface area contributed by atoms with Crippen molar-refractivity contribution in [2.75, 3.05) is 39.9 Å². The van der Waals surface area contributed by atoms with E-state index in [9.17, 15) is 9.90 Å². The summed E-state index contributed by atoms with van der Waals surface area (Å²) in [5, 5.41) is 12.4. The molecule has 6 nitrogen and oxygen atoms in total. The Labute approximate surface area is 195 Å². The molecule has 1 aliphatic heterocycles. The van der Waals surface area contributed by atoms with Crippen LogP contribution in [-0.4, -0.2) is 66.8 Å². The molecule has 1 aromatic carbocycles. The van der Waals surface area contributed by atoms with E-state index in [2.05, 4.69) is 18.0 Å². The number of carbonyl (C=O) groups excluding carboxylic acids is 1. The number of amides is 1. The van der Waals surface area contributed by atoms with Crippen molar-refractivity contribution >= 4 is 17.2 Å². The lowest BCUT2D eigenvalue weighted by Gasteiger charge is -2.37. The molecule has 1 N–H and O–H groups in total. The summed E-state index contributed by atoms with van der Waals surface area (Å²) in [5.41, 5.74) is 1.17. The molecule has 3 rings (SSSR count). The fourth-order valence-electron chi connectivity index (χ4n) is 4.07. The summed E-state index contributed by atoms with van der Waals surface area (Å²) >= 11 is 1.74. The van der Waals surface area contributed by atoms with Gasteiger partial charge in [0.1, 0.15) is 6.61 Å². The quantitative estimate of drug-likeness (QED) is 0.489. The third-order valence-corrected chi connectivity index (χ3v) is 6.86. The zero-order valence-electron chi connectivity index (χ0n) is 19.0. The molecule has 174 valence electrons. The van der Waals surface area contributed by atoms with Gasteiger partial charge in [-0.05, 0) is 54.9 Å². The van der Waals surface area contributed by atoms with Gasteiger partial charge in [0.05, 0.1) is 25.8 Å². The van der Waals surface area contributed by atoms with E-state index < -0.39 is 6.10 Å². The fraction of sp³-hybridized carbons (Fsp3) is 0.480. The lowest BCUT2D eigenvalue weighted by Crippen LogP contribution is -2.47. The van der Waals surface area contributed by atoms with Crippen LogP contribution in [0, 0.1) is 0 Å². The molecule has 0 saturated heterocycles. The second kappa shape index (κ2) is 12.0. The number of rotatable bonds is 12. The number of carbonyl (C=O) groups is 1. The third-order valence-electron chi connectivity index (χ3n) is 5.86. The number of thiophene rings is 1.